The minimum atomic E-state index is -0.428. The van der Waals surface area contributed by atoms with E-state index in [9.17, 15) is 4.79 Å². The first kappa shape index (κ1) is 15.5. The van der Waals surface area contributed by atoms with E-state index in [1.165, 1.54) is 7.11 Å². The molecule has 0 unspecified atom stereocenters. The van der Waals surface area contributed by atoms with Gasteiger partial charge in [-0.25, -0.2) is 0 Å². The molecule has 0 fully saturated rings. The Morgan fingerprint density at radius 1 is 1.47 bits per heavy atom. The lowest BCUT2D eigenvalue weighted by molar-refractivity contribution is 0.112. The fourth-order valence-corrected chi connectivity index (χ4v) is 1.99. The summed E-state index contributed by atoms with van der Waals surface area (Å²) >= 11 is 3.35. The highest BCUT2D eigenvalue weighted by atomic mass is 79.9. The first-order valence-corrected chi connectivity index (χ1v) is 6.59. The van der Waals surface area contributed by atoms with Gasteiger partial charge in [-0.15, -0.1) is 0 Å². The molecular formula is C14H16BrNO3. The SMILES string of the molecule is COc1cc(C=O)cc(Br)c1OCCC(C)(C)C#N. The molecule has 0 N–H and O–H groups in total. The number of carbonyl (C=O) groups excluding carboxylic acids is 1. The second kappa shape index (κ2) is 6.58. The number of nitrogens with zero attached hydrogens (tertiary/aromatic N) is 1. The summed E-state index contributed by atoms with van der Waals surface area (Å²) in [6, 6.07) is 5.50. The minimum absolute atomic E-state index is 0.399. The summed E-state index contributed by atoms with van der Waals surface area (Å²) in [4.78, 5) is 10.8. The zero-order valence-corrected chi connectivity index (χ0v) is 12.8. The Bertz CT molecular complexity index is 506. The monoisotopic (exact) mass is 325 g/mol. The van der Waals surface area contributed by atoms with Gasteiger partial charge in [-0.3, -0.25) is 4.79 Å². The number of nitriles is 1. The van der Waals surface area contributed by atoms with Crippen LogP contribution in [0.4, 0.5) is 0 Å². The van der Waals surface area contributed by atoms with Crippen molar-refractivity contribution in [1.29, 1.82) is 5.26 Å². The molecule has 0 amide bonds. The van der Waals surface area contributed by atoms with E-state index in [2.05, 4.69) is 22.0 Å². The average Bonchev–Trinajstić information content (AvgIpc) is 2.39. The van der Waals surface area contributed by atoms with Crippen LogP contribution in [0.15, 0.2) is 16.6 Å². The van der Waals surface area contributed by atoms with Crippen molar-refractivity contribution in [2.45, 2.75) is 20.3 Å². The zero-order valence-electron chi connectivity index (χ0n) is 11.2. The van der Waals surface area contributed by atoms with Gasteiger partial charge in [-0.1, -0.05) is 0 Å². The Balaban J connectivity index is 2.84. The van der Waals surface area contributed by atoms with E-state index >= 15 is 0 Å². The van der Waals surface area contributed by atoms with Crippen molar-refractivity contribution >= 4 is 22.2 Å². The van der Waals surface area contributed by atoms with Gasteiger partial charge < -0.3 is 9.47 Å². The number of halogens is 1. The maximum atomic E-state index is 10.8. The van der Waals surface area contributed by atoms with E-state index in [1.807, 2.05) is 13.8 Å². The van der Waals surface area contributed by atoms with Crippen molar-refractivity contribution < 1.29 is 14.3 Å². The van der Waals surface area contributed by atoms with Gasteiger partial charge in [0.15, 0.2) is 11.5 Å². The van der Waals surface area contributed by atoms with Gasteiger partial charge >= 0.3 is 0 Å². The third-order valence-electron chi connectivity index (χ3n) is 2.66. The van der Waals surface area contributed by atoms with Crippen LogP contribution in [0.25, 0.3) is 0 Å². The molecule has 102 valence electrons. The predicted octanol–water partition coefficient (Wildman–Crippen LogP) is 3.59. The maximum Gasteiger partial charge on any atom is 0.175 e. The van der Waals surface area contributed by atoms with Crippen molar-refractivity contribution in [2.24, 2.45) is 5.41 Å². The Kier molecular flexibility index (Phi) is 5.37. The highest BCUT2D eigenvalue weighted by Crippen LogP contribution is 2.36. The number of benzene rings is 1. The normalized spacial score (nSPS) is 10.7. The van der Waals surface area contributed by atoms with Crippen molar-refractivity contribution in [3.63, 3.8) is 0 Å². The fourth-order valence-electron chi connectivity index (χ4n) is 1.41. The largest absolute Gasteiger partial charge is 0.493 e. The molecule has 0 aliphatic heterocycles. The van der Waals surface area contributed by atoms with Gasteiger partial charge in [-0.05, 0) is 48.3 Å². The van der Waals surface area contributed by atoms with Gasteiger partial charge in [0.25, 0.3) is 0 Å². The highest BCUT2D eigenvalue weighted by molar-refractivity contribution is 9.10. The number of carbonyl (C=O) groups is 1. The van der Waals surface area contributed by atoms with Crippen molar-refractivity contribution in [1.82, 2.24) is 0 Å². The van der Waals surface area contributed by atoms with Crippen LogP contribution in [0.1, 0.15) is 30.6 Å². The van der Waals surface area contributed by atoms with Crippen molar-refractivity contribution in [3.8, 4) is 17.6 Å². The van der Waals surface area contributed by atoms with Crippen LogP contribution in [0.3, 0.4) is 0 Å². The molecule has 1 rings (SSSR count). The molecule has 0 radical (unpaired) electrons. The van der Waals surface area contributed by atoms with Crippen LogP contribution in [-0.2, 0) is 0 Å². The van der Waals surface area contributed by atoms with Gasteiger partial charge in [0, 0.05) is 5.56 Å². The maximum absolute atomic E-state index is 10.8. The van der Waals surface area contributed by atoms with Crippen LogP contribution in [0.5, 0.6) is 11.5 Å². The lowest BCUT2D eigenvalue weighted by atomic mass is 9.92. The number of hydrogen-bond donors (Lipinski definition) is 0. The molecule has 0 bridgehead atoms. The number of rotatable bonds is 6. The molecule has 0 aliphatic carbocycles. The second-order valence-electron chi connectivity index (χ2n) is 4.75. The molecule has 0 heterocycles. The third kappa shape index (κ3) is 4.25. The molecule has 5 heteroatoms. The molecule has 1 aromatic rings. The summed E-state index contributed by atoms with van der Waals surface area (Å²) < 4.78 is 11.5. The lowest BCUT2D eigenvalue weighted by Gasteiger charge is -2.17. The molecule has 0 spiro atoms. The number of ether oxygens (including phenoxy) is 2. The first-order valence-electron chi connectivity index (χ1n) is 5.80. The standard InChI is InChI=1S/C14H16BrNO3/c1-14(2,9-16)4-5-19-13-11(15)6-10(8-17)7-12(13)18-3/h6-8H,4-5H2,1-3H3. The van der Waals surface area contributed by atoms with Gasteiger partial charge in [0.1, 0.15) is 6.29 Å². The lowest BCUT2D eigenvalue weighted by Crippen LogP contribution is -2.13. The number of hydrogen-bond acceptors (Lipinski definition) is 4. The van der Waals surface area contributed by atoms with Gasteiger partial charge in [0.05, 0.1) is 29.7 Å². The number of aldehydes is 1. The predicted molar refractivity (Wildman–Crippen MR) is 75.6 cm³/mol. The quantitative estimate of drug-likeness (QED) is 0.750. The summed E-state index contributed by atoms with van der Waals surface area (Å²) in [7, 11) is 1.52. The Labute approximate surface area is 121 Å². The van der Waals surface area contributed by atoms with Crippen LogP contribution >= 0.6 is 15.9 Å². The summed E-state index contributed by atoms with van der Waals surface area (Å²) in [5.41, 5.74) is 0.0797. The average molecular weight is 326 g/mol. The van der Waals surface area contributed by atoms with Crippen LogP contribution in [0.2, 0.25) is 0 Å². The second-order valence-corrected chi connectivity index (χ2v) is 5.60. The Morgan fingerprint density at radius 2 is 2.16 bits per heavy atom. The highest BCUT2D eigenvalue weighted by Gasteiger charge is 2.18. The summed E-state index contributed by atoms with van der Waals surface area (Å²) in [5.74, 6) is 1.04. The zero-order chi connectivity index (χ0) is 14.5. The molecule has 0 saturated carbocycles. The summed E-state index contributed by atoms with van der Waals surface area (Å²) in [6.45, 7) is 4.12. The summed E-state index contributed by atoms with van der Waals surface area (Å²) in [6.07, 6.45) is 1.35. The Hall–Kier alpha value is -1.54. The van der Waals surface area contributed by atoms with Crippen LogP contribution in [0, 0.1) is 16.7 Å². The molecule has 4 nitrogen and oxygen atoms in total. The van der Waals surface area contributed by atoms with E-state index in [4.69, 9.17) is 14.7 Å². The summed E-state index contributed by atoms with van der Waals surface area (Å²) in [5, 5.41) is 8.94. The van der Waals surface area contributed by atoms with Crippen LogP contribution in [-0.4, -0.2) is 20.0 Å². The molecule has 0 aromatic heterocycles. The molecule has 0 atom stereocenters. The van der Waals surface area contributed by atoms with Crippen molar-refractivity contribution in [2.75, 3.05) is 13.7 Å². The Morgan fingerprint density at radius 3 is 2.68 bits per heavy atom. The minimum Gasteiger partial charge on any atom is -0.493 e. The topological polar surface area (TPSA) is 59.3 Å². The van der Waals surface area contributed by atoms with Gasteiger partial charge in [0.2, 0.25) is 0 Å². The van der Waals surface area contributed by atoms with Crippen LogP contribution < -0.4 is 9.47 Å². The van der Waals surface area contributed by atoms with E-state index in [0.29, 0.717) is 34.6 Å². The molecular weight excluding hydrogens is 310 g/mol. The van der Waals surface area contributed by atoms with Gasteiger partial charge in [-0.2, -0.15) is 5.26 Å². The van der Waals surface area contributed by atoms with E-state index < -0.39 is 5.41 Å². The van der Waals surface area contributed by atoms with E-state index in [-0.39, 0.29) is 0 Å². The molecule has 1 aromatic carbocycles. The first-order chi connectivity index (χ1) is 8.93. The number of methoxy groups -OCH3 is 1. The van der Waals surface area contributed by atoms with E-state index in [0.717, 1.165) is 6.29 Å². The third-order valence-corrected chi connectivity index (χ3v) is 3.25. The molecule has 0 saturated heterocycles. The van der Waals surface area contributed by atoms with Crippen molar-refractivity contribution in [3.05, 3.63) is 22.2 Å². The molecule has 0 aliphatic rings. The molecule has 19 heavy (non-hydrogen) atoms. The smallest absolute Gasteiger partial charge is 0.175 e. The fraction of sp³-hybridized carbons (Fsp3) is 0.429. The van der Waals surface area contributed by atoms with E-state index in [1.54, 1.807) is 12.1 Å².